The van der Waals surface area contributed by atoms with E-state index in [4.69, 9.17) is 0 Å². The lowest BCUT2D eigenvalue weighted by molar-refractivity contribution is -0.137. The van der Waals surface area contributed by atoms with E-state index in [2.05, 4.69) is 14.9 Å². The Morgan fingerprint density at radius 2 is 1.42 bits per heavy atom. The van der Waals surface area contributed by atoms with Crippen molar-refractivity contribution in [2.24, 2.45) is 11.8 Å². The van der Waals surface area contributed by atoms with Gasteiger partial charge in [-0.05, 0) is 32.0 Å². The fourth-order valence-corrected chi connectivity index (χ4v) is 4.19. The van der Waals surface area contributed by atoms with E-state index in [0.29, 0.717) is 30.6 Å². The SMILES string of the molecule is Cc1cc(C)nc(N2C[C@@H]3CN(c4ccccc4C(F)(F)F)C[C@@H]3C2)n1. The Bertz CT molecular complexity index is 786. The molecule has 7 heteroatoms. The van der Waals surface area contributed by atoms with Gasteiger partial charge in [-0.1, -0.05) is 12.1 Å². The Kier molecular flexibility index (Phi) is 4.04. The molecule has 4 nitrogen and oxygen atoms in total. The summed E-state index contributed by atoms with van der Waals surface area (Å²) in [6, 6.07) is 7.81. The van der Waals surface area contributed by atoms with Gasteiger partial charge < -0.3 is 9.80 Å². The number of benzene rings is 1. The van der Waals surface area contributed by atoms with E-state index in [9.17, 15) is 13.2 Å². The van der Waals surface area contributed by atoms with Crippen molar-refractivity contribution in [1.82, 2.24) is 9.97 Å². The van der Waals surface area contributed by atoms with Gasteiger partial charge in [0, 0.05) is 55.1 Å². The van der Waals surface area contributed by atoms with Gasteiger partial charge in [0.1, 0.15) is 0 Å². The molecule has 26 heavy (non-hydrogen) atoms. The fourth-order valence-electron chi connectivity index (χ4n) is 4.19. The quantitative estimate of drug-likeness (QED) is 0.816. The molecule has 0 aliphatic carbocycles. The summed E-state index contributed by atoms with van der Waals surface area (Å²) in [5.74, 6) is 1.40. The number of para-hydroxylation sites is 1. The lowest BCUT2D eigenvalue weighted by Crippen LogP contribution is -2.31. The first-order valence-electron chi connectivity index (χ1n) is 8.79. The van der Waals surface area contributed by atoms with Crippen LogP contribution in [-0.2, 0) is 6.18 Å². The van der Waals surface area contributed by atoms with Crippen molar-refractivity contribution < 1.29 is 13.2 Å². The zero-order chi connectivity index (χ0) is 18.5. The molecule has 1 aromatic carbocycles. The van der Waals surface area contributed by atoms with Gasteiger partial charge in [0.25, 0.3) is 0 Å². The molecule has 0 saturated carbocycles. The highest BCUT2D eigenvalue weighted by Crippen LogP contribution is 2.41. The lowest BCUT2D eigenvalue weighted by Gasteiger charge is -2.26. The Balaban J connectivity index is 1.51. The predicted octanol–water partition coefficient (Wildman–Crippen LogP) is 3.68. The maximum absolute atomic E-state index is 13.3. The molecule has 4 rings (SSSR count). The normalized spacial score (nSPS) is 22.8. The average Bonchev–Trinajstić information content (AvgIpc) is 3.12. The first kappa shape index (κ1) is 17.1. The zero-order valence-corrected chi connectivity index (χ0v) is 14.8. The van der Waals surface area contributed by atoms with Crippen molar-refractivity contribution in [2.45, 2.75) is 20.0 Å². The summed E-state index contributed by atoms with van der Waals surface area (Å²) in [5.41, 5.74) is 1.62. The number of rotatable bonds is 2. The largest absolute Gasteiger partial charge is 0.418 e. The molecule has 0 radical (unpaired) electrons. The number of aryl methyl sites for hydroxylation is 2. The number of nitrogens with zero attached hydrogens (tertiary/aromatic N) is 4. The van der Waals surface area contributed by atoms with E-state index in [0.717, 1.165) is 30.4 Å². The molecule has 0 amide bonds. The fraction of sp³-hybridized carbons (Fsp3) is 0.474. The maximum atomic E-state index is 13.3. The van der Waals surface area contributed by atoms with Crippen molar-refractivity contribution in [3.63, 3.8) is 0 Å². The third kappa shape index (κ3) is 3.10. The topological polar surface area (TPSA) is 32.3 Å². The van der Waals surface area contributed by atoms with E-state index >= 15 is 0 Å². The maximum Gasteiger partial charge on any atom is 0.418 e. The van der Waals surface area contributed by atoms with Gasteiger partial charge in [0.15, 0.2) is 0 Å². The van der Waals surface area contributed by atoms with Gasteiger partial charge in [0.05, 0.1) is 5.56 Å². The molecule has 2 fully saturated rings. The molecule has 2 aliphatic rings. The van der Waals surface area contributed by atoms with Crippen LogP contribution in [0.25, 0.3) is 0 Å². The number of hydrogen-bond donors (Lipinski definition) is 0. The van der Waals surface area contributed by atoms with Crippen LogP contribution in [0.3, 0.4) is 0 Å². The number of aromatic nitrogens is 2. The van der Waals surface area contributed by atoms with Crippen molar-refractivity contribution in [2.75, 3.05) is 36.0 Å². The molecule has 0 spiro atoms. The Labute approximate surface area is 150 Å². The Morgan fingerprint density at radius 3 is 2.00 bits per heavy atom. The van der Waals surface area contributed by atoms with Gasteiger partial charge in [-0.3, -0.25) is 0 Å². The van der Waals surface area contributed by atoms with Crippen LogP contribution in [0.4, 0.5) is 24.8 Å². The second kappa shape index (κ2) is 6.14. The van der Waals surface area contributed by atoms with Crippen LogP contribution in [0.2, 0.25) is 0 Å². The lowest BCUT2D eigenvalue weighted by atomic mass is 10.0. The first-order chi connectivity index (χ1) is 12.3. The van der Waals surface area contributed by atoms with Crippen molar-refractivity contribution >= 4 is 11.6 Å². The summed E-state index contributed by atoms with van der Waals surface area (Å²) in [6.45, 7) is 6.75. The van der Waals surface area contributed by atoms with E-state index in [1.807, 2.05) is 24.8 Å². The third-order valence-corrected chi connectivity index (χ3v) is 5.29. The van der Waals surface area contributed by atoms with E-state index in [1.165, 1.54) is 12.1 Å². The van der Waals surface area contributed by atoms with Crippen LogP contribution in [0, 0.1) is 25.7 Å². The first-order valence-corrected chi connectivity index (χ1v) is 8.79. The molecule has 3 heterocycles. The highest BCUT2D eigenvalue weighted by molar-refractivity contribution is 5.56. The molecule has 0 N–H and O–H groups in total. The second-order valence-electron chi connectivity index (χ2n) is 7.30. The number of anilines is 2. The number of fused-ring (bicyclic) bond motifs is 1. The summed E-state index contributed by atoms with van der Waals surface area (Å²) in [6.07, 6.45) is -4.33. The molecule has 2 aromatic rings. The van der Waals surface area contributed by atoms with Crippen molar-refractivity contribution in [3.8, 4) is 0 Å². The molecule has 1 aromatic heterocycles. The van der Waals surface area contributed by atoms with Crippen LogP contribution in [0.15, 0.2) is 30.3 Å². The van der Waals surface area contributed by atoms with Crippen LogP contribution in [-0.4, -0.2) is 36.1 Å². The summed E-state index contributed by atoms with van der Waals surface area (Å²) >= 11 is 0. The summed E-state index contributed by atoms with van der Waals surface area (Å²) in [7, 11) is 0. The highest BCUT2D eigenvalue weighted by atomic mass is 19.4. The van der Waals surface area contributed by atoms with Gasteiger partial charge in [-0.2, -0.15) is 13.2 Å². The minimum atomic E-state index is -4.33. The Morgan fingerprint density at radius 1 is 0.885 bits per heavy atom. The standard InChI is InChI=1S/C19H21F3N4/c1-12-7-13(2)24-18(23-12)26-10-14-8-25(9-15(14)11-26)17-6-4-3-5-16(17)19(20,21)22/h3-7,14-15H,8-11H2,1-2H3/t14-,15+. The van der Waals surface area contributed by atoms with Gasteiger partial charge >= 0.3 is 6.18 Å². The monoisotopic (exact) mass is 362 g/mol. The minimum absolute atomic E-state index is 0.295. The molecule has 2 saturated heterocycles. The van der Waals surface area contributed by atoms with Crippen molar-refractivity contribution in [3.05, 3.63) is 47.3 Å². The summed E-state index contributed by atoms with van der Waals surface area (Å²) in [4.78, 5) is 13.1. The molecular weight excluding hydrogens is 341 g/mol. The van der Waals surface area contributed by atoms with Crippen LogP contribution in [0.5, 0.6) is 0 Å². The molecule has 2 atom stereocenters. The van der Waals surface area contributed by atoms with Crippen LogP contribution >= 0.6 is 0 Å². The van der Waals surface area contributed by atoms with Crippen LogP contribution < -0.4 is 9.80 Å². The second-order valence-corrected chi connectivity index (χ2v) is 7.30. The van der Waals surface area contributed by atoms with Gasteiger partial charge in [-0.15, -0.1) is 0 Å². The number of alkyl halides is 3. The molecule has 0 bridgehead atoms. The van der Waals surface area contributed by atoms with E-state index < -0.39 is 11.7 Å². The van der Waals surface area contributed by atoms with Crippen LogP contribution in [0.1, 0.15) is 17.0 Å². The smallest absolute Gasteiger partial charge is 0.370 e. The number of halogens is 3. The number of hydrogen-bond acceptors (Lipinski definition) is 4. The zero-order valence-electron chi connectivity index (χ0n) is 14.8. The Hall–Kier alpha value is -2.31. The highest BCUT2D eigenvalue weighted by Gasteiger charge is 2.43. The predicted molar refractivity (Wildman–Crippen MR) is 94.4 cm³/mol. The average molecular weight is 362 g/mol. The molecule has 2 aliphatic heterocycles. The van der Waals surface area contributed by atoms with Gasteiger partial charge in [0.2, 0.25) is 5.95 Å². The van der Waals surface area contributed by atoms with E-state index in [-0.39, 0.29) is 0 Å². The molecule has 0 unspecified atom stereocenters. The van der Waals surface area contributed by atoms with Gasteiger partial charge in [-0.25, -0.2) is 9.97 Å². The summed E-state index contributed by atoms with van der Waals surface area (Å²) < 4.78 is 39.9. The molecule has 138 valence electrons. The van der Waals surface area contributed by atoms with Crippen molar-refractivity contribution in [1.29, 1.82) is 0 Å². The summed E-state index contributed by atoms with van der Waals surface area (Å²) in [5, 5.41) is 0. The van der Waals surface area contributed by atoms with E-state index in [1.54, 1.807) is 12.1 Å². The third-order valence-electron chi connectivity index (χ3n) is 5.29. The minimum Gasteiger partial charge on any atom is -0.370 e. The molecular formula is C19H21F3N4.